The highest BCUT2D eigenvalue weighted by Crippen LogP contribution is 2.34. The Balaban J connectivity index is 1.36. The van der Waals surface area contributed by atoms with Gasteiger partial charge >= 0.3 is 0 Å². The Kier molecular flexibility index (Phi) is 15.4. The standard InChI is InChI=1S/C29H38Cl2N5O8P/c1-2-10-39-12-14-41-16-17-42-15-13-40-11-9-35(19-22-5-3-4-6-25(22)30)27-24-18-32-36(28(24)34-29(31)33-27)26-8-7-23(44-26)20-43-21-45(37)38/h1,3-6,18,23,26,37-38H,7-17,19-21H2. The first-order chi connectivity index (χ1) is 22.0. The summed E-state index contributed by atoms with van der Waals surface area (Å²) in [4.78, 5) is 29.3. The molecule has 246 valence electrons. The van der Waals surface area contributed by atoms with E-state index in [0.29, 0.717) is 87.6 Å². The Labute approximate surface area is 273 Å². The van der Waals surface area contributed by atoms with Gasteiger partial charge in [-0.05, 0) is 36.1 Å². The minimum Gasteiger partial charge on any atom is -0.377 e. The second-order valence-electron chi connectivity index (χ2n) is 9.91. The van der Waals surface area contributed by atoms with Crippen LogP contribution >= 0.6 is 31.6 Å². The Morgan fingerprint density at radius 2 is 1.69 bits per heavy atom. The van der Waals surface area contributed by atoms with Gasteiger partial charge in [-0.2, -0.15) is 15.1 Å². The van der Waals surface area contributed by atoms with Crippen LogP contribution in [-0.2, 0) is 35.0 Å². The van der Waals surface area contributed by atoms with Gasteiger partial charge in [0.15, 0.2) is 20.3 Å². The summed E-state index contributed by atoms with van der Waals surface area (Å²) in [7, 11) is -2.11. The number of fused-ring (bicyclic) bond motifs is 1. The Morgan fingerprint density at radius 1 is 0.978 bits per heavy atom. The minimum atomic E-state index is -2.11. The predicted octanol–water partition coefficient (Wildman–Crippen LogP) is 3.79. The topological polar surface area (TPSA) is 143 Å². The van der Waals surface area contributed by atoms with Crippen LogP contribution in [0.3, 0.4) is 0 Å². The quantitative estimate of drug-likeness (QED) is 0.0729. The highest BCUT2D eigenvalue weighted by atomic mass is 35.5. The molecule has 1 saturated heterocycles. The molecule has 2 unspecified atom stereocenters. The van der Waals surface area contributed by atoms with Crippen LogP contribution in [0.5, 0.6) is 0 Å². The van der Waals surface area contributed by atoms with Gasteiger partial charge in [0.2, 0.25) is 5.28 Å². The van der Waals surface area contributed by atoms with Crippen molar-refractivity contribution in [3.63, 3.8) is 0 Å². The average Bonchev–Trinajstić information content (AvgIpc) is 3.66. The fourth-order valence-electron chi connectivity index (χ4n) is 4.65. The van der Waals surface area contributed by atoms with Crippen molar-refractivity contribution in [1.29, 1.82) is 0 Å². The van der Waals surface area contributed by atoms with E-state index in [4.69, 9.17) is 67.8 Å². The second kappa shape index (κ2) is 19.5. The molecule has 0 amide bonds. The SMILES string of the molecule is C#CCOCCOCCOCCOCCN(Cc1ccccc1Cl)c1nc(Cl)nc2c1cnn2C1CCC(COCP(O)O)O1. The fourth-order valence-corrected chi connectivity index (χ4v) is 5.27. The van der Waals surface area contributed by atoms with Gasteiger partial charge in [0.25, 0.3) is 0 Å². The Morgan fingerprint density at radius 3 is 2.40 bits per heavy atom. The van der Waals surface area contributed by atoms with E-state index < -0.39 is 8.38 Å². The highest BCUT2D eigenvalue weighted by Gasteiger charge is 2.30. The second-order valence-corrected chi connectivity index (χ2v) is 11.7. The lowest BCUT2D eigenvalue weighted by Crippen LogP contribution is -2.29. The molecule has 0 saturated carbocycles. The summed E-state index contributed by atoms with van der Waals surface area (Å²) in [6.45, 7) is 4.51. The van der Waals surface area contributed by atoms with Crippen LogP contribution in [0.25, 0.3) is 11.0 Å². The number of benzene rings is 1. The summed E-state index contributed by atoms with van der Waals surface area (Å²) in [5, 5.41) is 5.99. The molecule has 2 atom stereocenters. The van der Waals surface area contributed by atoms with Crippen molar-refractivity contribution < 1.29 is 38.2 Å². The lowest BCUT2D eigenvalue weighted by molar-refractivity contribution is -0.0384. The third-order valence-corrected chi connectivity index (χ3v) is 7.65. The third-order valence-electron chi connectivity index (χ3n) is 6.70. The van der Waals surface area contributed by atoms with E-state index in [2.05, 4.69) is 21.0 Å². The number of aromatic nitrogens is 4. The minimum absolute atomic E-state index is 0.0692. The van der Waals surface area contributed by atoms with Gasteiger partial charge in [-0.15, -0.1) is 6.42 Å². The summed E-state index contributed by atoms with van der Waals surface area (Å²) in [5.74, 6) is 3.00. The average molecular weight is 687 g/mol. The zero-order valence-corrected chi connectivity index (χ0v) is 27.2. The van der Waals surface area contributed by atoms with Crippen molar-refractivity contribution in [3.05, 3.63) is 46.3 Å². The molecule has 3 aromatic rings. The first kappa shape index (κ1) is 35.7. The lowest BCUT2D eigenvalue weighted by atomic mass is 10.2. The van der Waals surface area contributed by atoms with Crippen LogP contribution in [0.15, 0.2) is 30.5 Å². The van der Waals surface area contributed by atoms with E-state index in [1.54, 1.807) is 10.9 Å². The van der Waals surface area contributed by atoms with Gasteiger partial charge in [-0.25, -0.2) is 4.68 Å². The molecule has 2 aromatic heterocycles. The molecule has 0 bridgehead atoms. The number of halogens is 2. The van der Waals surface area contributed by atoms with Crippen LogP contribution in [0, 0.1) is 12.3 Å². The van der Waals surface area contributed by atoms with Crippen molar-refractivity contribution in [2.75, 3.05) is 77.3 Å². The van der Waals surface area contributed by atoms with Gasteiger partial charge < -0.3 is 43.1 Å². The molecule has 0 radical (unpaired) electrons. The normalized spacial score (nSPS) is 16.5. The van der Waals surface area contributed by atoms with Crippen molar-refractivity contribution in [2.45, 2.75) is 31.7 Å². The molecule has 1 aliphatic rings. The zero-order valence-electron chi connectivity index (χ0n) is 24.8. The van der Waals surface area contributed by atoms with Gasteiger partial charge in [0.1, 0.15) is 18.8 Å². The monoisotopic (exact) mass is 685 g/mol. The molecule has 0 spiro atoms. The summed E-state index contributed by atoms with van der Waals surface area (Å²) in [6, 6.07) is 7.62. The van der Waals surface area contributed by atoms with E-state index in [1.165, 1.54) is 0 Å². The number of rotatable bonds is 21. The van der Waals surface area contributed by atoms with Crippen LogP contribution in [0.2, 0.25) is 10.3 Å². The predicted molar refractivity (Wildman–Crippen MR) is 170 cm³/mol. The number of hydrogen-bond donors (Lipinski definition) is 2. The lowest BCUT2D eigenvalue weighted by Gasteiger charge is -2.25. The van der Waals surface area contributed by atoms with Gasteiger partial charge in [0, 0.05) is 18.1 Å². The maximum absolute atomic E-state index is 9.08. The Bertz CT molecular complexity index is 1360. The number of terminal acetylenes is 1. The van der Waals surface area contributed by atoms with Crippen LogP contribution in [-0.4, -0.2) is 108 Å². The number of nitrogens with zero attached hydrogens (tertiary/aromatic N) is 5. The van der Waals surface area contributed by atoms with E-state index in [9.17, 15) is 0 Å². The van der Waals surface area contributed by atoms with Gasteiger partial charge in [-0.1, -0.05) is 35.7 Å². The first-order valence-electron chi connectivity index (χ1n) is 14.5. The van der Waals surface area contributed by atoms with E-state index >= 15 is 0 Å². The molecule has 3 heterocycles. The van der Waals surface area contributed by atoms with Crippen LogP contribution in [0.1, 0.15) is 24.6 Å². The van der Waals surface area contributed by atoms with Gasteiger partial charge in [-0.3, -0.25) is 0 Å². The Hall–Kier alpha value is -2.18. The maximum Gasteiger partial charge on any atom is 0.226 e. The van der Waals surface area contributed by atoms with Gasteiger partial charge in [0.05, 0.1) is 70.5 Å². The van der Waals surface area contributed by atoms with Crippen LogP contribution < -0.4 is 4.90 Å². The van der Waals surface area contributed by atoms with Crippen molar-refractivity contribution in [1.82, 2.24) is 19.7 Å². The molecule has 4 rings (SSSR count). The summed E-state index contributed by atoms with van der Waals surface area (Å²) in [6.07, 6.45) is 7.54. The van der Waals surface area contributed by atoms with Crippen LogP contribution in [0.4, 0.5) is 5.82 Å². The fraction of sp³-hybridized carbons (Fsp3) is 0.552. The van der Waals surface area contributed by atoms with E-state index in [0.717, 1.165) is 12.0 Å². The van der Waals surface area contributed by atoms with E-state index in [1.807, 2.05) is 29.2 Å². The number of anilines is 1. The maximum atomic E-state index is 9.08. The summed E-state index contributed by atoms with van der Waals surface area (Å²) >= 11 is 13.0. The highest BCUT2D eigenvalue weighted by molar-refractivity contribution is 7.44. The molecule has 45 heavy (non-hydrogen) atoms. The van der Waals surface area contributed by atoms with Crippen molar-refractivity contribution >= 4 is 48.4 Å². The van der Waals surface area contributed by atoms with Crippen molar-refractivity contribution in [3.8, 4) is 12.3 Å². The molecule has 1 fully saturated rings. The van der Waals surface area contributed by atoms with Crippen molar-refractivity contribution in [2.24, 2.45) is 0 Å². The molecule has 0 aliphatic carbocycles. The first-order valence-corrected chi connectivity index (χ1v) is 16.7. The molecule has 13 nitrogen and oxygen atoms in total. The molecule has 2 N–H and O–H groups in total. The largest absolute Gasteiger partial charge is 0.377 e. The third kappa shape index (κ3) is 11.5. The molecule has 1 aromatic carbocycles. The molecular weight excluding hydrogens is 648 g/mol. The van der Waals surface area contributed by atoms with E-state index in [-0.39, 0.29) is 37.2 Å². The number of hydrogen-bond acceptors (Lipinski definition) is 12. The molecular formula is C29H38Cl2N5O8P. The molecule has 16 heteroatoms. The summed E-state index contributed by atoms with van der Waals surface area (Å²) < 4.78 is 35.2. The molecule has 1 aliphatic heterocycles. The summed E-state index contributed by atoms with van der Waals surface area (Å²) in [5.41, 5.74) is 1.45. The number of ether oxygens (including phenoxy) is 6. The zero-order chi connectivity index (χ0) is 31.9. The smallest absolute Gasteiger partial charge is 0.226 e.